The second-order valence-corrected chi connectivity index (χ2v) is 5.30. The van der Waals surface area contributed by atoms with Gasteiger partial charge in [-0.25, -0.2) is 4.39 Å². The van der Waals surface area contributed by atoms with E-state index in [2.05, 4.69) is 5.32 Å². The number of amides is 1. The molecule has 3 aromatic carbocycles. The van der Waals surface area contributed by atoms with Crippen molar-refractivity contribution in [3.63, 3.8) is 0 Å². The minimum Gasteiger partial charge on any atom is -0.326 e. The normalized spacial score (nSPS) is 10.3. The number of benzene rings is 3. The number of nitrogens with one attached hydrogen (secondary N) is 1. The molecule has 0 atom stereocenters. The molecule has 3 rings (SSSR count). The lowest BCUT2D eigenvalue weighted by molar-refractivity contribution is -0.115. The Labute approximate surface area is 134 Å². The number of anilines is 1. The lowest BCUT2D eigenvalue weighted by atomic mass is 10.0. The standard InChI is InChI=1S/C20H16FNO/c21-18-7-4-8-19(14-18)22-20(23)13-15-9-11-17(12-10-15)16-5-2-1-3-6-16/h1-12,14H,13H2,(H,22,23). The lowest BCUT2D eigenvalue weighted by Gasteiger charge is -2.07. The molecule has 3 aromatic rings. The lowest BCUT2D eigenvalue weighted by Crippen LogP contribution is -2.14. The zero-order chi connectivity index (χ0) is 16.1. The van der Waals surface area contributed by atoms with Gasteiger partial charge in [0.15, 0.2) is 0 Å². The molecular weight excluding hydrogens is 289 g/mol. The van der Waals surface area contributed by atoms with Crippen LogP contribution in [0, 0.1) is 5.82 Å². The van der Waals surface area contributed by atoms with Gasteiger partial charge in [-0.2, -0.15) is 0 Å². The summed E-state index contributed by atoms with van der Waals surface area (Å²) in [5.74, 6) is -0.530. The SMILES string of the molecule is O=C(Cc1ccc(-c2ccccc2)cc1)Nc1cccc(F)c1. The summed E-state index contributed by atoms with van der Waals surface area (Å²) in [4.78, 5) is 12.0. The summed E-state index contributed by atoms with van der Waals surface area (Å²) in [5, 5.41) is 2.70. The van der Waals surface area contributed by atoms with E-state index in [0.717, 1.165) is 16.7 Å². The van der Waals surface area contributed by atoms with Gasteiger partial charge in [0.25, 0.3) is 0 Å². The number of carbonyl (C=O) groups excluding carboxylic acids is 1. The first kappa shape index (κ1) is 15.0. The van der Waals surface area contributed by atoms with Crippen molar-refractivity contribution in [3.05, 3.63) is 90.2 Å². The topological polar surface area (TPSA) is 29.1 Å². The maximum Gasteiger partial charge on any atom is 0.228 e. The minimum absolute atomic E-state index is 0.164. The van der Waals surface area contributed by atoms with Crippen LogP contribution in [-0.4, -0.2) is 5.91 Å². The van der Waals surface area contributed by atoms with Crippen LogP contribution in [0.1, 0.15) is 5.56 Å². The molecule has 0 aliphatic carbocycles. The fourth-order valence-electron chi connectivity index (χ4n) is 2.40. The molecule has 23 heavy (non-hydrogen) atoms. The molecule has 0 aliphatic heterocycles. The van der Waals surface area contributed by atoms with Crippen molar-refractivity contribution in [3.8, 4) is 11.1 Å². The number of hydrogen-bond donors (Lipinski definition) is 1. The Morgan fingerprint density at radius 3 is 2.22 bits per heavy atom. The highest BCUT2D eigenvalue weighted by atomic mass is 19.1. The predicted molar refractivity (Wildman–Crippen MR) is 90.6 cm³/mol. The van der Waals surface area contributed by atoms with Crippen molar-refractivity contribution in [2.45, 2.75) is 6.42 Å². The summed E-state index contributed by atoms with van der Waals surface area (Å²) in [6, 6.07) is 23.8. The van der Waals surface area contributed by atoms with Gasteiger partial charge in [-0.05, 0) is 34.9 Å². The summed E-state index contributed by atoms with van der Waals surface area (Å²) < 4.78 is 13.1. The fraction of sp³-hybridized carbons (Fsp3) is 0.0500. The van der Waals surface area contributed by atoms with Crippen LogP contribution in [0.2, 0.25) is 0 Å². The third kappa shape index (κ3) is 4.04. The Morgan fingerprint density at radius 2 is 1.52 bits per heavy atom. The Balaban J connectivity index is 1.65. The van der Waals surface area contributed by atoms with E-state index in [4.69, 9.17) is 0 Å². The third-order valence-electron chi connectivity index (χ3n) is 3.53. The fourth-order valence-corrected chi connectivity index (χ4v) is 2.40. The number of rotatable bonds is 4. The van der Waals surface area contributed by atoms with Crippen LogP contribution >= 0.6 is 0 Å². The van der Waals surface area contributed by atoms with Gasteiger partial charge in [0.2, 0.25) is 5.91 Å². The summed E-state index contributed by atoms with van der Waals surface area (Å²) in [6.45, 7) is 0. The smallest absolute Gasteiger partial charge is 0.228 e. The average Bonchev–Trinajstić information content (AvgIpc) is 2.56. The molecule has 0 spiro atoms. The minimum atomic E-state index is -0.366. The summed E-state index contributed by atoms with van der Waals surface area (Å²) >= 11 is 0. The zero-order valence-corrected chi connectivity index (χ0v) is 12.5. The van der Waals surface area contributed by atoms with Crippen LogP contribution in [0.25, 0.3) is 11.1 Å². The molecule has 1 N–H and O–H groups in total. The molecule has 0 unspecified atom stereocenters. The molecule has 1 amide bonds. The summed E-state index contributed by atoms with van der Waals surface area (Å²) in [6.07, 6.45) is 0.256. The molecule has 0 aliphatic rings. The number of hydrogen-bond acceptors (Lipinski definition) is 1. The van der Waals surface area contributed by atoms with E-state index >= 15 is 0 Å². The van der Waals surface area contributed by atoms with Crippen molar-refractivity contribution >= 4 is 11.6 Å². The molecule has 0 bridgehead atoms. The van der Waals surface area contributed by atoms with Gasteiger partial charge in [-0.15, -0.1) is 0 Å². The average molecular weight is 305 g/mol. The molecule has 0 saturated carbocycles. The van der Waals surface area contributed by atoms with Crippen molar-refractivity contribution in [1.82, 2.24) is 0 Å². The van der Waals surface area contributed by atoms with E-state index < -0.39 is 0 Å². The molecule has 0 radical (unpaired) electrons. The van der Waals surface area contributed by atoms with Crippen LogP contribution in [0.3, 0.4) is 0 Å². The highest BCUT2D eigenvalue weighted by Crippen LogP contribution is 2.19. The molecule has 2 nitrogen and oxygen atoms in total. The molecule has 114 valence electrons. The first-order chi connectivity index (χ1) is 11.2. The predicted octanol–water partition coefficient (Wildman–Crippen LogP) is 4.67. The van der Waals surface area contributed by atoms with Crippen molar-refractivity contribution < 1.29 is 9.18 Å². The van der Waals surface area contributed by atoms with Gasteiger partial charge >= 0.3 is 0 Å². The van der Waals surface area contributed by atoms with Crippen molar-refractivity contribution in [2.75, 3.05) is 5.32 Å². The Hall–Kier alpha value is -2.94. The summed E-state index contributed by atoms with van der Waals surface area (Å²) in [7, 11) is 0. The molecule has 0 heterocycles. The van der Waals surface area contributed by atoms with Gasteiger partial charge in [0.1, 0.15) is 5.82 Å². The Kier molecular flexibility index (Phi) is 4.48. The highest BCUT2D eigenvalue weighted by Gasteiger charge is 2.05. The Morgan fingerprint density at radius 1 is 0.826 bits per heavy atom. The summed E-state index contributed by atoms with van der Waals surface area (Å²) in [5.41, 5.74) is 3.64. The van der Waals surface area contributed by atoms with Gasteiger partial charge in [0.05, 0.1) is 6.42 Å². The van der Waals surface area contributed by atoms with E-state index in [9.17, 15) is 9.18 Å². The Bertz CT molecular complexity index is 797. The number of halogens is 1. The molecule has 0 saturated heterocycles. The van der Waals surface area contributed by atoms with E-state index in [1.54, 1.807) is 12.1 Å². The third-order valence-corrected chi connectivity index (χ3v) is 3.53. The quantitative estimate of drug-likeness (QED) is 0.745. The second kappa shape index (κ2) is 6.88. The molecule has 0 aromatic heterocycles. The van der Waals surface area contributed by atoms with Crippen LogP contribution < -0.4 is 5.32 Å². The zero-order valence-electron chi connectivity index (χ0n) is 12.5. The first-order valence-electron chi connectivity index (χ1n) is 7.40. The van der Waals surface area contributed by atoms with Crippen LogP contribution in [0.15, 0.2) is 78.9 Å². The van der Waals surface area contributed by atoms with Gasteiger partial charge in [-0.1, -0.05) is 60.7 Å². The van der Waals surface area contributed by atoms with Crippen LogP contribution in [0.4, 0.5) is 10.1 Å². The maximum absolute atomic E-state index is 13.1. The van der Waals surface area contributed by atoms with Crippen molar-refractivity contribution in [1.29, 1.82) is 0 Å². The van der Waals surface area contributed by atoms with E-state index in [1.807, 2.05) is 54.6 Å². The second-order valence-electron chi connectivity index (χ2n) is 5.30. The maximum atomic E-state index is 13.1. The van der Waals surface area contributed by atoms with E-state index in [1.165, 1.54) is 12.1 Å². The highest BCUT2D eigenvalue weighted by molar-refractivity contribution is 5.92. The largest absolute Gasteiger partial charge is 0.326 e. The van der Waals surface area contributed by atoms with E-state index in [-0.39, 0.29) is 18.1 Å². The number of carbonyl (C=O) groups is 1. The van der Waals surface area contributed by atoms with Crippen LogP contribution in [0.5, 0.6) is 0 Å². The molecule has 0 fully saturated rings. The van der Waals surface area contributed by atoms with Gasteiger partial charge < -0.3 is 5.32 Å². The monoisotopic (exact) mass is 305 g/mol. The first-order valence-corrected chi connectivity index (χ1v) is 7.40. The molecular formula is C20H16FNO. The van der Waals surface area contributed by atoms with Gasteiger partial charge in [-0.3, -0.25) is 4.79 Å². The van der Waals surface area contributed by atoms with Gasteiger partial charge in [0, 0.05) is 5.69 Å². The van der Waals surface area contributed by atoms with Crippen molar-refractivity contribution in [2.24, 2.45) is 0 Å². The van der Waals surface area contributed by atoms with E-state index in [0.29, 0.717) is 5.69 Å². The molecule has 3 heteroatoms. The van der Waals surface area contributed by atoms with Crippen LogP contribution in [-0.2, 0) is 11.2 Å².